The first-order chi connectivity index (χ1) is 14.1. The molecule has 0 unspecified atom stereocenters. The minimum atomic E-state index is -0.0351. The average molecular weight is 407 g/mol. The SMILES string of the molecule is Cc1cc([C@H]2[C@H](c3ccccn3)NC(=S)N2CCCO)c(C)n1-c1ccccc1. The number of aromatic nitrogens is 2. The number of aliphatic hydroxyl groups excluding tert-OH is 1. The lowest BCUT2D eigenvalue weighted by Crippen LogP contribution is -2.31. The number of rotatable bonds is 6. The van der Waals surface area contributed by atoms with Crippen molar-refractivity contribution in [1.29, 1.82) is 0 Å². The third kappa shape index (κ3) is 3.66. The van der Waals surface area contributed by atoms with E-state index < -0.39 is 0 Å². The molecule has 1 saturated heterocycles. The summed E-state index contributed by atoms with van der Waals surface area (Å²) in [6.45, 7) is 5.14. The summed E-state index contributed by atoms with van der Waals surface area (Å²) >= 11 is 5.68. The summed E-state index contributed by atoms with van der Waals surface area (Å²) < 4.78 is 2.29. The molecule has 2 aromatic heterocycles. The highest BCUT2D eigenvalue weighted by Crippen LogP contribution is 2.41. The van der Waals surface area contributed by atoms with Gasteiger partial charge in [0.15, 0.2) is 5.11 Å². The molecule has 6 heteroatoms. The molecule has 0 amide bonds. The summed E-state index contributed by atoms with van der Waals surface area (Å²) in [4.78, 5) is 6.79. The average Bonchev–Trinajstić information content (AvgIpc) is 3.23. The molecule has 1 fully saturated rings. The zero-order valence-electron chi connectivity index (χ0n) is 16.7. The Bertz CT molecular complexity index is 987. The van der Waals surface area contributed by atoms with E-state index in [1.54, 1.807) is 0 Å². The van der Waals surface area contributed by atoms with Gasteiger partial charge in [-0.05, 0) is 68.4 Å². The van der Waals surface area contributed by atoms with E-state index in [1.165, 1.54) is 17.0 Å². The molecule has 0 aliphatic carbocycles. The molecule has 0 bridgehead atoms. The smallest absolute Gasteiger partial charge is 0.170 e. The molecular weight excluding hydrogens is 380 g/mol. The van der Waals surface area contributed by atoms with Gasteiger partial charge < -0.3 is 19.9 Å². The van der Waals surface area contributed by atoms with E-state index in [4.69, 9.17) is 12.2 Å². The number of thiocarbonyl (C=S) groups is 1. The first-order valence-corrected chi connectivity index (χ1v) is 10.4. The van der Waals surface area contributed by atoms with Crippen molar-refractivity contribution in [3.63, 3.8) is 0 Å². The maximum Gasteiger partial charge on any atom is 0.170 e. The lowest BCUT2D eigenvalue weighted by molar-refractivity contribution is 0.247. The summed E-state index contributed by atoms with van der Waals surface area (Å²) in [5, 5.41) is 13.6. The van der Waals surface area contributed by atoms with Gasteiger partial charge in [0, 0.05) is 36.4 Å². The third-order valence-corrected chi connectivity index (χ3v) is 5.91. The fraction of sp³-hybridized carbons (Fsp3) is 0.304. The zero-order valence-corrected chi connectivity index (χ0v) is 17.6. The number of nitrogens with one attached hydrogen (secondary N) is 1. The van der Waals surface area contributed by atoms with Crippen molar-refractivity contribution >= 4 is 17.3 Å². The summed E-state index contributed by atoms with van der Waals surface area (Å²) in [6, 6.07) is 18.6. The van der Waals surface area contributed by atoms with Gasteiger partial charge in [0.25, 0.3) is 0 Å². The Kier molecular flexibility index (Phi) is 5.65. The lowest BCUT2D eigenvalue weighted by atomic mass is 9.96. The van der Waals surface area contributed by atoms with Gasteiger partial charge in [-0.25, -0.2) is 0 Å². The van der Waals surface area contributed by atoms with Crippen molar-refractivity contribution in [3.8, 4) is 5.69 Å². The van der Waals surface area contributed by atoms with Gasteiger partial charge in [0.1, 0.15) is 0 Å². The van der Waals surface area contributed by atoms with Crippen molar-refractivity contribution in [1.82, 2.24) is 19.8 Å². The highest BCUT2D eigenvalue weighted by molar-refractivity contribution is 7.80. The van der Waals surface area contributed by atoms with Crippen LogP contribution in [-0.4, -0.2) is 37.8 Å². The minimum absolute atomic E-state index is 0.0209. The number of nitrogens with zero attached hydrogens (tertiary/aromatic N) is 3. The lowest BCUT2D eigenvalue weighted by Gasteiger charge is -2.28. The van der Waals surface area contributed by atoms with Crippen LogP contribution in [0.1, 0.15) is 41.1 Å². The molecule has 3 aromatic rings. The first kappa shape index (κ1) is 19.6. The summed E-state index contributed by atoms with van der Waals surface area (Å²) in [7, 11) is 0. The number of hydrogen-bond donors (Lipinski definition) is 2. The molecule has 2 N–H and O–H groups in total. The van der Waals surface area contributed by atoms with Gasteiger partial charge in [-0.3, -0.25) is 4.98 Å². The molecule has 1 aliphatic heterocycles. The molecule has 5 nitrogen and oxygen atoms in total. The normalized spacial score (nSPS) is 18.9. The van der Waals surface area contributed by atoms with Gasteiger partial charge >= 0.3 is 0 Å². The van der Waals surface area contributed by atoms with Gasteiger partial charge in [-0.15, -0.1) is 0 Å². The Hall–Kier alpha value is -2.70. The van der Waals surface area contributed by atoms with Crippen LogP contribution < -0.4 is 5.32 Å². The Morgan fingerprint density at radius 1 is 1.10 bits per heavy atom. The molecule has 0 radical (unpaired) electrons. The number of hydrogen-bond acceptors (Lipinski definition) is 3. The van der Waals surface area contributed by atoms with Crippen LogP contribution in [0.15, 0.2) is 60.8 Å². The maximum atomic E-state index is 9.40. The van der Waals surface area contributed by atoms with E-state index in [2.05, 4.69) is 63.9 Å². The highest BCUT2D eigenvalue weighted by Gasteiger charge is 2.41. The van der Waals surface area contributed by atoms with Crippen LogP contribution in [0.5, 0.6) is 0 Å². The molecule has 4 rings (SSSR count). The summed E-state index contributed by atoms with van der Waals surface area (Å²) in [6.07, 6.45) is 2.49. The molecule has 3 heterocycles. The van der Waals surface area contributed by atoms with Crippen molar-refractivity contribution in [2.75, 3.05) is 13.2 Å². The van der Waals surface area contributed by atoms with Crippen molar-refractivity contribution in [3.05, 3.63) is 83.4 Å². The van der Waals surface area contributed by atoms with Crippen LogP contribution in [0.25, 0.3) is 5.69 Å². The quantitative estimate of drug-likeness (QED) is 0.609. The van der Waals surface area contributed by atoms with Crippen LogP contribution in [0.3, 0.4) is 0 Å². The van der Waals surface area contributed by atoms with Gasteiger partial charge in [-0.1, -0.05) is 24.3 Å². The molecule has 1 aliphatic rings. The number of para-hydroxylation sites is 1. The van der Waals surface area contributed by atoms with Crippen molar-refractivity contribution in [2.45, 2.75) is 32.4 Å². The molecule has 0 saturated carbocycles. The predicted molar refractivity (Wildman–Crippen MR) is 119 cm³/mol. The topological polar surface area (TPSA) is 53.3 Å². The largest absolute Gasteiger partial charge is 0.396 e. The number of aliphatic hydroxyl groups is 1. The second-order valence-corrected chi connectivity index (χ2v) is 7.78. The van der Waals surface area contributed by atoms with E-state index in [9.17, 15) is 5.11 Å². The zero-order chi connectivity index (χ0) is 20.4. The fourth-order valence-electron chi connectivity index (χ4n) is 4.29. The Morgan fingerprint density at radius 2 is 1.86 bits per heavy atom. The molecule has 2 atom stereocenters. The van der Waals surface area contributed by atoms with Crippen LogP contribution in [-0.2, 0) is 0 Å². The molecule has 29 heavy (non-hydrogen) atoms. The van der Waals surface area contributed by atoms with E-state index in [-0.39, 0.29) is 18.7 Å². The molecule has 150 valence electrons. The van der Waals surface area contributed by atoms with E-state index in [0.717, 1.165) is 11.4 Å². The number of pyridine rings is 1. The van der Waals surface area contributed by atoms with Gasteiger partial charge in [0.2, 0.25) is 0 Å². The van der Waals surface area contributed by atoms with Crippen molar-refractivity contribution < 1.29 is 5.11 Å². The monoisotopic (exact) mass is 406 g/mol. The summed E-state index contributed by atoms with van der Waals surface area (Å²) in [5.74, 6) is 0. The first-order valence-electron chi connectivity index (χ1n) is 9.95. The standard InChI is InChI=1S/C23H26N4OS/c1-16-15-19(17(2)27(16)18-9-4-3-5-10-18)22-21(20-11-6-7-12-24-20)25-23(29)26(22)13-8-14-28/h3-7,9-12,15,21-22,28H,8,13-14H2,1-2H3,(H,25,29)/t21-,22-/m0/s1. The second-order valence-electron chi connectivity index (χ2n) is 7.39. The van der Waals surface area contributed by atoms with Gasteiger partial charge in [-0.2, -0.15) is 0 Å². The van der Waals surface area contributed by atoms with Crippen LogP contribution in [0, 0.1) is 13.8 Å². The predicted octanol–water partition coefficient (Wildman–Crippen LogP) is 3.84. The Balaban J connectivity index is 1.81. The highest BCUT2D eigenvalue weighted by atomic mass is 32.1. The van der Waals surface area contributed by atoms with Crippen molar-refractivity contribution in [2.24, 2.45) is 0 Å². The number of aryl methyl sites for hydroxylation is 1. The molecule has 1 aromatic carbocycles. The summed E-state index contributed by atoms with van der Waals surface area (Å²) in [5.41, 5.74) is 5.73. The third-order valence-electron chi connectivity index (χ3n) is 5.56. The second kappa shape index (κ2) is 8.35. The number of benzene rings is 1. The van der Waals surface area contributed by atoms with E-state index >= 15 is 0 Å². The van der Waals surface area contributed by atoms with E-state index in [0.29, 0.717) is 18.1 Å². The maximum absolute atomic E-state index is 9.40. The van der Waals surface area contributed by atoms with Crippen LogP contribution >= 0.6 is 12.2 Å². The molecule has 0 spiro atoms. The van der Waals surface area contributed by atoms with E-state index in [1.807, 2.05) is 30.5 Å². The van der Waals surface area contributed by atoms with Gasteiger partial charge in [0.05, 0.1) is 17.8 Å². The fourth-order valence-corrected chi connectivity index (χ4v) is 4.62. The van der Waals surface area contributed by atoms with Crippen LogP contribution in [0.4, 0.5) is 0 Å². The molecular formula is C23H26N4OS. The Morgan fingerprint density at radius 3 is 2.55 bits per heavy atom. The van der Waals surface area contributed by atoms with Crippen LogP contribution in [0.2, 0.25) is 0 Å². The minimum Gasteiger partial charge on any atom is -0.396 e. The Labute approximate surface area is 177 Å².